The van der Waals surface area contributed by atoms with Crippen LogP contribution in [0.3, 0.4) is 0 Å². The third-order valence-corrected chi connectivity index (χ3v) is 2.54. The van der Waals surface area contributed by atoms with Crippen LogP contribution in [0.2, 0.25) is 0 Å². The largest absolute Gasteiger partial charge is 0.437 e. The summed E-state index contributed by atoms with van der Waals surface area (Å²) >= 11 is 0. The van der Waals surface area contributed by atoms with Crippen LogP contribution in [0.1, 0.15) is 11.1 Å². The number of aromatic nitrogens is 2. The second-order valence-corrected chi connectivity index (χ2v) is 3.85. The van der Waals surface area contributed by atoms with E-state index in [0.29, 0.717) is 17.9 Å². The molecular weight excluding hydrogens is 242 g/mol. The van der Waals surface area contributed by atoms with E-state index in [9.17, 15) is 0 Å². The molecule has 1 aromatic heterocycles. The summed E-state index contributed by atoms with van der Waals surface area (Å²) in [7, 11) is 1.68. The molecule has 0 amide bonds. The van der Waals surface area contributed by atoms with Crippen molar-refractivity contribution in [3.63, 3.8) is 0 Å². The second kappa shape index (κ2) is 6.47. The van der Waals surface area contributed by atoms with Gasteiger partial charge in [0.15, 0.2) is 0 Å². The molecule has 0 fully saturated rings. The Hall–Kier alpha value is -2.45. The van der Waals surface area contributed by atoms with Gasteiger partial charge in [-0.05, 0) is 30.2 Å². The zero-order chi connectivity index (χ0) is 13.5. The first-order valence-electron chi connectivity index (χ1n) is 5.81. The Bertz CT molecular complexity index is 576. The number of methoxy groups -OCH3 is 1. The van der Waals surface area contributed by atoms with Gasteiger partial charge < -0.3 is 9.47 Å². The molecule has 2 aromatic rings. The van der Waals surface area contributed by atoms with E-state index in [2.05, 4.69) is 10.2 Å². The van der Waals surface area contributed by atoms with Crippen LogP contribution in [-0.2, 0) is 11.2 Å². The van der Waals surface area contributed by atoms with Crippen LogP contribution in [0.5, 0.6) is 11.6 Å². The van der Waals surface area contributed by atoms with Gasteiger partial charge in [0.2, 0.25) is 0 Å². The van der Waals surface area contributed by atoms with Gasteiger partial charge in [-0.3, -0.25) is 0 Å². The first kappa shape index (κ1) is 13.0. The molecular formula is C14H13N3O2. The SMILES string of the molecule is COCCc1ccc(Oc2nnccc2C#N)cc1. The van der Waals surface area contributed by atoms with Gasteiger partial charge >= 0.3 is 0 Å². The number of ether oxygens (including phenoxy) is 2. The summed E-state index contributed by atoms with van der Waals surface area (Å²) in [6.07, 6.45) is 2.31. The smallest absolute Gasteiger partial charge is 0.256 e. The Labute approximate surface area is 111 Å². The minimum Gasteiger partial charge on any atom is -0.437 e. The minimum absolute atomic E-state index is 0.217. The van der Waals surface area contributed by atoms with Crippen LogP contribution in [-0.4, -0.2) is 23.9 Å². The van der Waals surface area contributed by atoms with Crippen LogP contribution < -0.4 is 4.74 Å². The summed E-state index contributed by atoms with van der Waals surface area (Å²) in [6, 6.07) is 11.2. The van der Waals surface area contributed by atoms with Crippen molar-refractivity contribution >= 4 is 0 Å². The van der Waals surface area contributed by atoms with E-state index >= 15 is 0 Å². The molecule has 0 aliphatic rings. The summed E-state index contributed by atoms with van der Waals surface area (Å²) in [6.45, 7) is 0.683. The third kappa shape index (κ3) is 3.50. The molecule has 0 saturated carbocycles. The van der Waals surface area contributed by atoms with Crippen molar-refractivity contribution in [1.29, 1.82) is 5.26 Å². The Morgan fingerprint density at radius 2 is 2.00 bits per heavy atom. The number of nitriles is 1. The van der Waals surface area contributed by atoms with E-state index in [1.807, 2.05) is 30.3 Å². The minimum atomic E-state index is 0.217. The Kier molecular flexibility index (Phi) is 4.43. The Morgan fingerprint density at radius 1 is 1.21 bits per heavy atom. The predicted octanol–water partition coefficient (Wildman–Crippen LogP) is 2.33. The molecule has 0 radical (unpaired) electrons. The fourth-order valence-electron chi connectivity index (χ4n) is 1.53. The van der Waals surface area contributed by atoms with E-state index in [1.54, 1.807) is 13.2 Å². The van der Waals surface area contributed by atoms with Crippen molar-refractivity contribution in [1.82, 2.24) is 10.2 Å². The van der Waals surface area contributed by atoms with Crippen molar-refractivity contribution in [3.8, 4) is 17.7 Å². The van der Waals surface area contributed by atoms with E-state index in [4.69, 9.17) is 14.7 Å². The molecule has 96 valence electrons. The lowest BCUT2D eigenvalue weighted by Crippen LogP contribution is -1.95. The van der Waals surface area contributed by atoms with Gasteiger partial charge in [-0.1, -0.05) is 12.1 Å². The Balaban J connectivity index is 2.09. The highest BCUT2D eigenvalue weighted by molar-refractivity contribution is 5.39. The van der Waals surface area contributed by atoms with Gasteiger partial charge in [-0.2, -0.15) is 10.4 Å². The molecule has 0 N–H and O–H groups in total. The van der Waals surface area contributed by atoms with Crippen molar-refractivity contribution in [3.05, 3.63) is 47.7 Å². The number of hydrogen-bond acceptors (Lipinski definition) is 5. The predicted molar refractivity (Wildman–Crippen MR) is 68.8 cm³/mol. The third-order valence-electron chi connectivity index (χ3n) is 2.54. The molecule has 5 heteroatoms. The number of benzene rings is 1. The monoisotopic (exact) mass is 255 g/mol. The fraction of sp³-hybridized carbons (Fsp3) is 0.214. The van der Waals surface area contributed by atoms with Crippen molar-refractivity contribution in [2.75, 3.05) is 13.7 Å². The summed E-state index contributed by atoms with van der Waals surface area (Å²) in [5, 5.41) is 16.4. The second-order valence-electron chi connectivity index (χ2n) is 3.85. The van der Waals surface area contributed by atoms with Gasteiger partial charge in [0, 0.05) is 7.11 Å². The molecule has 5 nitrogen and oxygen atoms in total. The first-order chi connectivity index (χ1) is 9.33. The molecule has 1 heterocycles. The topological polar surface area (TPSA) is 68.0 Å². The molecule has 0 aliphatic carbocycles. The standard InChI is InChI=1S/C14H13N3O2/c1-18-9-7-11-2-4-13(5-3-11)19-14-12(10-15)6-8-16-17-14/h2-6,8H,7,9H2,1H3. The number of hydrogen-bond donors (Lipinski definition) is 0. The van der Waals surface area contributed by atoms with Crippen LogP contribution >= 0.6 is 0 Å². The molecule has 0 atom stereocenters. The maximum absolute atomic E-state index is 8.93. The molecule has 0 aliphatic heterocycles. The van der Waals surface area contributed by atoms with E-state index in [1.165, 1.54) is 6.20 Å². The van der Waals surface area contributed by atoms with Crippen molar-refractivity contribution in [2.45, 2.75) is 6.42 Å². The fourth-order valence-corrected chi connectivity index (χ4v) is 1.53. The van der Waals surface area contributed by atoms with E-state index in [0.717, 1.165) is 12.0 Å². The first-order valence-corrected chi connectivity index (χ1v) is 5.81. The maximum atomic E-state index is 8.93. The van der Waals surface area contributed by atoms with Crippen LogP contribution in [0.15, 0.2) is 36.5 Å². The lowest BCUT2D eigenvalue weighted by atomic mass is 10.1. The highest BCUT2D eigenvalue weighted by Gasteiger charge is 2.06. The normalized spacial score (nSPS) is 9.89. The Morgan fingerprint density at radius 3 is 2.68 bits per heavy atom. The van der Waals surface area contributed by atoms with Crippen LogP contribution in [0.25, 0.3) is 0 Å². The number of nitrogens with zero attached hydrogens (tertiary/aromatic N) is 3. The van der Waals surface area contributed by atoms with Crippen LogP contribution in [0, 0.1) is 11.3 Å². The summed E-state index contributed by atoms with van der Waals surface area (Å²) in [4.78, 5) is 0. The molecule has 0 spiro atoms. The lowest BCUT2D eigenvalue weighted by Gasteiger charge is -2.06. The number of rotatable bonds is 5. The van der Waals surface area contributed by atoms with Gasteiger partial charge in [-0.15, -0.1) is 5.10 Å². The maximum Gasteiger partial charge on any atom is 0.256 e. The highest BCUT2D eigenvalue weighted by atomic mass is 16.5. The van der Waals surface area contributed by atoms with E-state index in [-0.39, 0.29) is 5.88 Å². The average Bonchev–Trinajstić information content (AvgIpc) is 2.47. The molecule has 2 rings (SSSR count). The molecule has 0 unspecified atom stereocenters. The van der Waals surface area contributed by atoms with E-state index < -0.39 is 0 Å². The zero-order valence-electron chi connectivity index (χ0n) is 10.5. The summed E-state index contributed by atoms with van der Waals surface area (Å²) in [5.41, 5.74) is 1.52. The molecule has 0 saturated heterocycles. The zero-order valence-corrected chi connectivity index (χ0v) is 10.5. The van der Waals surface area contributed by atoms with Gasteiger partial charge in [0.1, 0.15) is 17.4 Å². The molecule has 0 bridgehead atoms. The van der Waals surface area contributed by atoms with Gasteiger partial charge in [0.05, 0.1) is 12.8 Å². The summed E-state index contributed by atoms with van der Waals surface area (Å²) < 4.78 is 10.5. The van der Waals surface area contributed by atoms with Crippen LogP contribution in [0.4, 0.5) is 0 Å². The van der Waals surface area contributed by atoms with Crippen molar-refractivity contribution in [2.24, 2.45) is 0 Å². The van der Waals surface area contributed by atoms with Gasteiger partial charge in [0.25, 0.3) is 5.88 Å². The average molecular weight is 255 g/mol. The summed E-state index contributed by atoms with van der Waals surface area (Å²) in [5.74, 6) is 0.841. The molecule has 1 aromatic carbocycles. The van der Waals surface area contributed by atoms with Gasteiger partial charge in [-0.25, -0.2) is 0 Å². The molecule has 19 heavy (non-hydrogen) atoms. The quantitative estimate of drug-likeness (QED) is 0.820. The lowest BCUT2D eigenvalue weighted by molar-refractivity contribution is 0.202. The van der Waals surface area contributed by atoms with Crippen molar-refractivity contribution < 1.29 is 9.47 Å². The highest BCUT2D eigenvalue weighted by Crippen LogP contribution is 2.22.